The van der Waals surface area contributed by atoms with Crippen LogP contribution in [0.4, 0.5) is 0 Å². The van der Waals surface area contributed by atoms with Gasteiger partial charge < -0.3 is 0 Å². The van der Waals surface area contributed by atoms with Crippen LogP contribution < -0.4 is 10.4 Å². The molecular weight excluding hydrogens is 192 g/mol. The van der Waals surface area contributed by atoms with Crippen molar-refractivity contribution in [3.8, 4) is 0 Å². The van der Waals surface area contributed by atoms with Crippen molar-refractivity contribution in [1.29, 1.82) is 0 Å². The van der Waals surface area contributed by atoms with Crippen LogP contribution in [0.5, 0.6) is 0 Å². The highest BCUT2D eigenvalue weighted by atomic mass is 14.3. The number of hydrogen-bond donors (Lipinski definition) is 0. The third-order valence-electron chi connectivity index (χ3n) is 3.34. The van der Waals surface area contributed by atoms with Crippen LogP contribution in [0.1, 0.15) is 20.8 Å². The van der Waals surface area contributed by atoms with E-state index in [0.29, 0.717) is 0 Å². The first kappa shape index (κ1) is 9.65. The second kappa shape index (κ2) is 2.98. The lowest BCUT2D eigenvalue weighted by Crippen LogP contribution is -2.22. The fourth-order valence-corrected chi connectivity index (χ4v) is 2.87. The quantitative estimate of drug-likeness (QED) is 0.614. The second-order valence-electron chi connectivity index (χ2n) is 5.35. The van der Waals surface area contributed by atoms with E-state index in [1.54, 1.807) is 0 Å². The molecule has 0 aromatic heterocycles. The molecule has 0 fully saturated rings. The molecule has 2 aliphatic rings. The Bertz CT molecular complexity index is 637. The van der Waals surface area contributed by atoms with Gasteiger partial charge in [0, 0.05) is 5.41 Å². The van der Waals surface area contributed by atoms with Crippen LogP contribution in [-0.4, -0.2) is 0 Å². The van der Waals surface area contributed by atoms with Crippen LogP contribution in [0.15, 0.2) is 47.6 Å². The highest BCUT2D eigenvalue weighted by Crippen LogP contribution is 2.36. The Morgan fingerprint density at radius 2 is 1.75 bits per heavy atom. The van der Waals surface area contributed by atoms with Crippen LogP contribution in [0.2, 0.25) is 0 Å². The zero-order chi connectivity index (χ0) is 11.3. The molecule has 0 bridgehead atoms. The average molecular weight is 208 g/mol. The van der Waals surface area contributed by atoms with Gasteiger partial charge in [-0.2, -0.15) is 0 Å². The summed E-state index contributed by atoms with van der Waals surface area (Å²) < 4.78 is 0. The zero-order valence-electron chi connectivity index (χ0n) is 10.0. The molecule has 0 heterocycles. The maximum absolute atomic E-state index is 2.37. The van der Waals surface area contributed by atoms with Crippen LogP contribution in [0.25, 0.3) is 11.6 Å². The Kier molecular flexibility index (Phi) is 1.79. The first-order valence-corrected chi connectivity index (χ1v) is 5.81. The zero-order valence-corrected chi connectivity index (χ0v) is 10.0. The maximum Gasteiger partial charge on any atom is 0.00195 e. The van der Waals surface area contributed by atoms with Crippen molar-refractivity contribution in [2.75, 3.05) is 0 Å². The molecule has 0 aliphatic heterocycles. The number of hydrogen-bond acceptors (Lipinski definition) is 0. The van der Waals surface area contributed by atoms with Gasteiger partial charge in [-0.15, -0.1) is 0 Å². The standard InChI is InChI=1S/C16H16/c1-11-9-16(2,3)10-13-8-12-6-4-5-7-14(12)15(11)13/h4-10H,1-3H3. The SMILES string of the molecule is CC1=CC(C)(C)C=C2C=c3ccccc3=C12. The van der Waals surface area contributed by atoms with Gasteiger partial charge in [-0.05, 0) is 40.2 Å². The Balaban J connectivity index is 2.41. The third-order valence-corrected chi connectivity index (χ3v) is 3.34. The second-order valence-corrected chi connectivity index (χ2v) is 5.35. The summed E-state index contributed by atoms with van der Waals surface area (Å²) in [4.78, 5) is 0. The molecule has 0 N–H and O–H groups in total. The minimum Gasteiger partial charge on any atom is -0.0715 e. The van der Waals surface area contributed by atoms with Crippen molar-refractivity contribution in [3.05, 3.63) is 58.0 Å². The summed E-state index contributed by atoms with van der Waals surface area (Å²) in [5.74, 6) is 0. The Morgan fingerprint density at radius 1 is 1.00 bits per heavy atom. The van der Waals surface area contributed by atoms with Gasteiger partial charge in [0.2, 0.25) is 0 Å². The molecule has 0 unspecified atom stereocenters. The summed E-state index contributed by atoms with van der Waals surface area (Å²) >= 11 is 0. The number of benzene rings is 1. The molecule has 80 valence electrons. The summed E-state index contributed by atoms with van der Waals surface area (Å²) in [7, 11) is 0. The first-order valence-electron chi connectivity index (χ1n) is 5.81. The minimum atomic E-state index is 0.182. The Hall–Kier alpha value is -1.56. The van der Waals surface area contributed by atoms with Gasteiger partial charge in [-0.25, -0.2) is 0 Å². The van der Waals surface area contributed by atoms with E-state index in [2.05, 4.69) is 63.3 Å². The first-order chi connectivity index (χ1) is 7.57. The Labute approximate surface area is 96.3 Å². The summed E-state index contributed by atoms with van der Waals surface area (Å²) in [5, 5.41) is 2.74. The molecule has 3 rings (SSSR count). The molecule has 0 amide bonds. The summed E-state index contributed by atoms with van der Waals surface area (Å²) in [6.45, 7) is 6.74. The maximum atomic E-state index is 2.37. The summed E-state index contributed by atoms with van der Waals surface area (Å²) in [6, 6.07) is 8.65. The lowest BCUT2D eigenvalue weighted by molar-refractivity contribution is 0.616. The van der Waals surface area contributed by atoms with Gasteiger partial charge in [0.15, 0.2) is 0 Å². The topological polar surface area (TPSA) is 0 Å². The van der Waals surface area contributed by atoms with Crippen molar-refractivity contribution in [1.82, 2.24) is 0 Å². The summed E-state index contributed by atoms with van der Waals surface area (Å²) in [5.41, 5.74) is 4.41. The van der Waals surface area contributed by atoms with E-state index in [1.165, 1.54) is 27.2 Å². The molecule has 0 saturated carbocycles. The van der Waals surface area contributed by atoms with E-state index in [0.717, 1.165) is 0 Å². The monoisotopic (exact) mass is 208 g/mol. The molecule has 1 aromatic carbocycles. The predicted molar refractivity (Wildman–Crippen MR) is 69.2 cm³/mol. The largest absolute Gasteiger partial charge is 0.0715 e. The third kappa shape index (κ3) is 1.30. The van der Waals surface area contributed by atoms with Crippen molar-refractivity contribution in [2.45, 2.75) is 20.8 Å². The molecule has 0 radical (unpaired) electrons. The van der Waals surface area contributed by atoms with Crippen LogP contribution in [0, 0.1) is 5.41 Å². The molecule has 1 aromatic rings. The molecule has 0 saturated heterocycles. The molecule has 0 atom stereocenters. The van der Waals surface area contributed by atoms with Crippen LogP contribution in [-0.2, 0) is 0 Å². The highest BCUT2D eigenvalue weighted by molar-refractivity contribution is 5.91. The van der Waals surface area contributed by atoms with E-state index < -0.39 is 0 Å². The van der Waals surface area contributed by atoms with Crippen molar-refractivity contribution < 1.29 is 0 Å². The van der Waals surface area contributed by atoms with Crippen molar-refractivity contribution in [2.24, 2.45) is 5.41 Å². The smallest absolute Gasteiger partial charge is 0.00195 e. The molecule has 2 aliphatic carbocycles. The Morgan fingerprint density at radius 3 is 2.56 bits per heavy atom. The molecule has 0 nitrogen and oxygen atoms in total. The van der Waals surface area contributed by atoms with Gasteiger partial charge in [-0.3, -0.25) is 0 Å². The fraction of sp³-hybridized carbons (Fsp3) is 0.250. The fourth-order valence-electron chi connectivity index (χ4n) is 2.87. The van der Waals surface area contributed by atoms with Gasteiger partial charge in [0.1, 0.15) is 0 Å². The minimum absolute atomic E-state index is 0.182. The molecule has 0 heteroatoms. The molecular formula is C16H16. The molecule has 0 spiro atoms. The molecule has 16 heavy (non-hydrogen) atoms. The van der Waals surface area contributed by atoms with E-state index >= 15 is 0 Å². The van der Waals surface area contributed by atoms with Crippen molar-refractivity contribution >= 4 is 11.6 Å². The van der Waals surface area contributed by atoms with E-state index in [-0.39, 0.29) is 5.41 Å². The van der Waals surface area contributed by atoms with E-state index in [9.17, 15) is 0 Å². The number of allylic oxidation sites excluding steroid dienone is 4. The predicted octanol–water partition coefficient (Wildman–Crippen LogP) is 2.54. The number of rotatable bonds is 0. The van der Waals surface area contributed by atoms with Crippen LogP contribution in [0.3, 0.4) is 0 Å². The lowest BCUT2D eigenvalue weighted by atomic mass is 9.80. The van der Waals surface area contributed by atoms with Gasteiger partial charge >= 0.3 is 0 Å². The van der Waals surface area contributed by atoms with E-state index in [4.69, 9.17) is 0 Å². The normalized spacial score (nSPS) is 20.6. The average Bonchev–Trinajstić information content (AvgIpc) is 2.52. The van der Waals surface area contributed by atoms with Gasteiger partial charge in [-0.1, -0.05) is 50.3 Å². The lowest BCUT2D eigenvalue weighted by Gasteiger charge is -2.24. The van der Waals surface area contributed by atoms with Gasteiger partial charge in [0.05, 0.1) is 0 Å². The highest BCUT2D eigenvalue weighted by Gasteiger charge is 2.23. The van der Waals surface area contributed by atoms with Crippen molar-refractivity contribution in [3.63, 3.8) is 0 Å². The van der Waals surface area contributed by atoms with E-state index in [1.807, 2.05) is 0 Å². The number of fused-ring (bicyclic) bond motifs is 2. The van der Waals surface area contributed by atoms with Crippen LogP contribution >= 0.6 is 0 Å². The van der Waals surface area contributed by atoms with Gasteiger partial charge in [0.25, 0.3) is 0 Å². The summed E-state index contributed by atoms with van der Waals surface area (Å²) in [6.07, 6.45) is 7.04.